The number of H-pyrrole nitrogens is 1. The Morgan fingerprint density at radius 2 is 1.92 bits per heavy atom. The molecule has 1 heterocycles. The highest BCUT2D eigenvalue weighted by atomic mass is 35.5. The molecule has 0 saturated carbocycles. The quantitative estimate of drug-likeness (QED) is 0.537. The lowest BCUT2D eigenvalue weighted by molar-refractivity contribution is 0.0955. The van der Waals surface area contributed by atoms with Gasteiger partial charge in [0.15, 0.2) is 0 Å². The zero-order valence-electron chi connectivity index (χ0n) is 13.7. The summed E-state index contributed by atoms with van der Waals surface area (Å²) >= 11 is 5.81. The first-order valence-corrected chi connectivity index (χ1v) is 8.27. The van der Waals surface area contributed by atoms with Crippen LogP contribution in [0.1, 0.15) is 28.4 Å². The summed E-state index contributed by atoms with van der Waals surface area (Å²) in [5.41, 5.74) is 6.92. The summed E-state index contributed by atoms with van der Waals surface area (Å²) in [6, 6.07) is 14.9. The Labute approximate surface area is 150 Å². The second kappa shape index (κ2) is 7.77. The molecule has 0 atom stereocenters. The number of rotatable bonds is 5. The van der Waals surface area contributed by atoms with Crippen LogP contribution in [-0.4, -0.2) is 22.3 Å². The average molecular weight is 353 g/mol. The second-order valence-corrected chi connectivity index (χ2v) is 5.89. The van der Waals surface area contributed by atoms with E-state index in [0.717, 1.165) is 23.2 Å². The van der Waals surface area contributed by atoms with Crippen molar-refractivity contribution in [2.75, 3.05) is 0 Å². The molecule has 0 bridgehead atoms. The number of aromatic amines is 1. The topological polar surface area (TPSA) is 70.1 Å². The number of carbonyl (C=O) groups is 1. The summed E-state index contributed by atoms with van der Waals surface area (Å²) in [7, 11) is 0. The first-order valence-electron chi connectivity index (χ1n) is 7.89. The third kappa shape index (κ3) is 4.14. The summed E-state index contributed by atoms with van der Waals surface area (Å²) in [5, 5.41) is 11.6. The molecule has 5 nitrogen and oxygen atoms in total. The summed E-state index contributed by atoms with van der Waals surface area (Å²) < 4.78 is 0. The summed E-state index contributed by atoms with van der Waals surface area (Å²) in [6.07, 6.45) is 4.23. The van der Waals surface area contributed by atoms with Crippen LogP contribution >= 0.6 is 11.6 Å². The number of nitrogens with zero attached hydrogens (tertiary/aromatic N) is 2. The lowest BCUT2D eigenvalue weighted by Gasteiger charge is -2.02. The van der Waals surface area contributed by atoms with E-state index in [1.54, 1.807) is 36.7 Å². The van der Waals surface area contributed by atoms with Crippen LogP contribution in [0.15, 0.2) is 59.8 Å². The van der Waals surface area contributed by atoms with Crippen LogP contribution in [0.25, 0.3) is 11.3 Å². The molecule has 1 aromatic heterocycles. The number of amides is 1. The SMILES string of the molecule is CCc1ccc(-c2[nH]ncc2/C=N\NC(=O)c2ccc(Cl)cc2)cc1. The zero-order chi connectivity index (χ0) is 17.6. The smallest absolute Gasteiger partial charge is 0.271 e. The van der Waals surface area contributed by atoms with E-state index < -0.39 is 0 Å². The van der Waals surface area contributed by atoms with Crippen molar-refractivity contribution in [3.63, 3.8) is 0 Å². The Morgan fingerprint density at radius 1 is 1.20 bits per heavy atom. The van der Waals surface area contributed by atoms with Crippen molar-refractivity contribution < 1.29 is 4.79 Å². The molecule has 2 N–H and O–H groups in total. The van der Waals surface area contributed by atoms with Gasteiger partial charge in [0, 0.05) is 21.7 Å². The van der Waals surface area contributed by atoms with Crippen molar-refractivity contribution in [3.8, 4) is 11.3 Å². The Morgan fingerprint density at radius 3 is 2.60 bits per heavy atom. The second-order valence-electron chi connectivity index (χ2n) is 5.46. The van der Waals surface area contributed by atoms with Crippen LogP contribution in [0.2, 0.25) is 5.02 Å². The van der Waals surface area contributed by atoms with E-state index in [-0.39, 0.29) is 5.91 Å². The lowest BCUT2D eigenvalue weighted by atomic mass is 10.1. The highest BCUT2D eigenvalue weighted by Crippen LogP contribution is 2.20. The largest absolute Gasteiger partial charge is 0.277 e. The highest BCUT2D eigenvalue weighted by molar-refractivity contribution is 6.30. The van der Waals surface area contributed by atoms with Crippen molar-refractivity contribution in [3.05, 3.63) is 76.4 Å². The maximum atomic E-state index is 12.0. The van der Waals surface area contributed by atoms with Crippen LogP contribution in [0.5, 0.6) is 0 Å². The number of hydrogen-bond acceptors (Lipinski definition) is 3. The van der Waals surface area contributed by atoms with Gasteiger partial charge in [0.05, 0.1) is 18.1 Å². The van der Waals surface area contributed by atoms with E-state index in [9.17, 15) is 4.79 Å². The van der Waals surface area contributed by atoms with Crippen LogP contribution in [0.4, 0.5) is 0 Å². The molecule has 0 aliphatic carbocycles. The van der Waals surface area contributed by atoms with Gasteiger partial charge in [-0.1, -0.05) is 42.8 Å². The highest BCUT2D eigenvalue weighted by Gasteiger charge is 2.07. The third-order valence-electron chi connectivity index (χ3n) is 3.80. The van der Waals surface area contributed by atoms with Crippen molar-refractivity contribution >= 4 is 23.7 Å². The van der Waals surface area contributed by atoms with E-state index in [1.807, 2.05) is 12.1 Å². The molecule has 1 amide bonds. The van der Waals surface area contributed by atoms with Crippen molar-refractivity contribution in [1.82, 2.24) is 15.6 Å². The lowest BCUT2D eigenvalue weighted by Crippen LogP contribution is -2.17. The number of carbonyl (C=O) groups excluding carboxylic acids is 1. The predicted molar refractivity (Wildman–Crippen MR) is 99.9 cm³/mol. The minimum atomic E-state index is -0.301. The maximum Gasteiger partial charge on any atom is 0.271 e. The molecule has 0 unspecified atom stereocenters. The molecule has 126 valence electrons. The van der Waals surface area contributed by atoms with Gasteiger partial charge in [-0.3, -0.25) is 9.89 Å². The van der Waals surface area contributed by atoms with E-state index in [1.165, 1.54) is 5.56 Å². The molecule has 0 saturated heterocycles. The Kier molecular flexibility index (Phi) is 5.26. The summed E-state index contributed by atoms with van der Waals surface area (Å²) in [5.74, 6) is -0.301. The number of benzene rings is 2. The van der Waals surface area contributed by atoms with Gasteiger partial charge in [-0.15, -0.1) is 0 Å². The van der Waals surface area contributed by atoms with E-state index in [2.05, 4.69) is 39.8 Å². The molecule has 0 aliphatic rings. The molecule has 0 fully saturated rings. The third-order valence-corrected chi connectivity index (χ3v) is 4.05. The van der Waals surface area contributed by atoms with Crippen LogP contribution < -0.4 is 5.43 Å². The fourth-order valence-electron chi connectivity index (χ4n) is 2.36. The molecule has 0 aliphatic heterocycles. The molecule has 2 aromatic carbocycles. The van der Waals surface area contributed by atoms with Crippen molar-refractivity contribution in [1.29, 1.82) is 0 Å². The van der Waals surface area contributed by atoms with Crippen LogP contribution in [0, 0.1) is 0 Å². The molecule has 0 radical (unpaired) electrons. The van der Waals surface area contributed by atoms with Gasteiger partial charge in [-0.05, 0) is 36.2 Å². The number of hydrogen-bond donors (Lipinski definition) is 2. The first-order chi connectivity index (χ1) is 12.2. The number of nitrogens with one attached hydrogen (secondary N) is 2. The van der Waals surface area contributed by atoms with Gasteiger partial charge in [-0.25, -0.2) is 5.43 Å². The Balaban J connectivity index is 1.71. The monoisotopic (exact) mass is 352 g/mol. The predicted octanol–water partition coefficient (Wildman–Crippen LogP) is 4.06. The van der Waals surface area contributed by atoms with E-state index in [0.29, 0.717) is 10.6 Å². The first kappa shape index (κ1) is 16.9. The van der Waals surface area contributed by atoms with Gasteiger partial charge in [0.25, 0.3) is 5.91 Å². The molecule has 6 heteroatoms. The number of halogens is 1. The van der Waals surface area contributed by atoms with Gasteiger partial charge in [0.1, 0.15) is 0 Å². The summed E-state index contributed by atoms with van der Waals surface area (Å²) in [6.45, 7) is 2.12. The minimum absolute atomic E-state index is 0.301. The zero-order valence-corrected chi connectivity index (χ0v) is 14.4. The molecule has 3 rings (SSSR count). The molecule has 0 spiro atoms. The molecular formula is C19H17ClN4O. The van der Waals surface area contributed by atoms with E-state index in [4.69, 9.17) is 11.6 Å². The Bertz CT molecular complexity index is 883. The van der Waals surface area contributed by atoms with Crippen LogP contribution in [0.3, 0.4) is 0 Å². The van der Waals surface area contributed by atoms with Crippen molar-refractivity contribution in [2.24, 2.45) is 5.10 Å². The normalized spacial score (nSPS) is 11.0. The standard InChI is InChI=1S/C19H17ClN4O/c1-2-13-3-5-14(6-4-13)18-16(11-21-23-18)12-22-24-19(25)15-7-9-17(20)10-8-15/h3-12H,2H2,1H3,(H,21,23)(H,24,25)/b22-12-. The molecular weight excluding hydrogens is 336 g/mol. The fourth-order valence-corrected chi connectivity index (χ4v) is 2.48. The van der Waals surface area contributed by atoms with Gasteiger partial charge < -0.3 is 0 Å². The fraction of sp³-hybridized carbons (Fsp3) is 0.105. The number of aryl methyl sites for hydroxylation is 1. The molecule has 25 heavy (non-hydrogen) atoms. The summed E-state index contributed by atoms with van der Waals surface area (Å²) in [4.78, 5) is 12.0. The van der Waals surface area contributed by atoms with Gasteiger partial charge >= 0.3 is 0 Å². The van der Waals surface area contributed by atoms with Gasteiger partial charge in [-0.2, -0.15) is 10.2 Å². The van der Waals surface area contributed by atoms with Crippen LogP contribution in [-0.2, 0) is 6.42 Å². The minimum Gasteiger partial charge on any atom is -0.277 e. The maximum absolute atomic E-state index is 12.0. The molecule has 3 aromatic rings. The Hall–Kier alpha value is -2.92. The van der Waals surface area contributed by atoms with E-state index >= 15 is 0 Å². The van der Waals surface area contributed by atoms with Gasteiger partial charge in [0.2, 0.25) is 0 Å². The van der Waals surface area contributed by atoms with Crippen molar-refractivity contribution in [2.45, 2.75) is 13.3 Å². The number of hydrazone groups is 1. The average Bonchev–Trinajstić information content (AvgIpc) is 3.11. The number of aromatic nitrogens is 2.